The van der Waals surface area contributed by atoms with Gasteiger partial charge >= 0.3 is 0 Å². The van der Waals surface area contributed by atoms with E-state index in [-0.39, 0.29) is 80.9 Å². The number of hydrogen-bond donors (Lipinski definition) is 8. The second-order valence-electron chi connectivity index (χ2n) is 17.2. The molecule has 0 aromatic heterocycles. The van der Waals surface area contributed by atoms with Crippen LogP contribution in [-0.2, 0) is 31.3 Å². The maximum absolute atomic E-state index is 13.7. The standard InChI is InChI=1S/C26H42N2O4.4C3H8O.Ti/c1-23(2)15-9-11-25(23,19(29)13-15)21(31)27-17-7-5-6-8-18(17)28-22(32)26-12-10-16(14-20(26)30)24(26,3)4;4*1-3(2)4;/h15-20,29-30H,5-14H2,1-4H3,(H,27,31)(H,28,32);4*3-4H,1-2H3;/t15?,16?,17-,18-,19+,20+,25?,26?;;;;;/m0...../s1. The van der Waals surface area contributed by atoms with Crippen molar-refractivity contribution in [1.82, 2.24) is 10.6 Å². The van der Waals surface area contributed by atoms with Gasteiger partial charge in [0, 0.05) is 58.2 Å². The number of nitrogens with one attached hydrogen (secondary N) is 2. The summed E-state index contributed by atoms with van der Waals surface area (Å²) in [4.78, 5) is 27.3. The normalized spacial score (nSPS) is 34.3. The third kappa shape index (κ3) is 11.5. The molecule has 0 saturated heterocycles. The van der Waals surface area contributed by atoms with Crippen molar-refractivity contribution in [1.29, 1.82) is 0 Å². The van der Waals surface area contributed by atoms with Crippen LogP contribution in [0.25, 0.3) is 0 Å². The minimum absolute atomic E-state index is 0. The van der Waals surface area contributed by atoms with Crippen molar-refractivity contribution >= 4 is 11.8 Å². The fourth-order valence-electron chi connectivity index (χ4n) is 9.04. The van der Waals surface area contributed by atoms with Crippen molar-refractivity contribution in [2.45, 2.75) is 196 Å². The maximum Gasteiger partial charge on any atom is 0.229 e. The number of aliphatic hydroxyl groups excluding tert-OH is 6. The Kier molecular flexibility index (Phi) is 19.8. The monoisotopic (exact) mass is 734 g/mol. The van der Waals surface area contributed by atoms with Crippen LogP contribution in [0.2, 0.25) is 0 Å². The van der Waals surface area contributed by atoms with E-state index in [9.17, 15) is 19.8 Å². The summed E-state index contributed by atoms with van der Waals surface area (Å²) in [6, 6.07) is -0.236. The summed E-state index contributed by atoms with van der Waals surface area (Å²) >= 11 is 0. The van der Waals surface area contributed by atoms with E-state index in [0.717, 1.165) is 51.4 Å². The minimum Gasteiger partial charge on any atom is -0.394 e. The molecule has 5 aliphatic rings. The van der Waals surface area contributed by atoms with E-state index in [4.69, 9.17) is 20.4 Å². The largest absolute Gasteiger partial charge is 0.394 e. The first kappa shape index (κ1) is 48.4. The molecule has 5 saturated carbocycles. The van der Waals surface area contributed by atoms with Crippen molar-refractivity contribution in [3.05, 3.63) is 0 Å². The number of fused-ring (bicyclic) bond motifs is 4. The van der Waals surface area contributed by atoms with Gasteiger partial charge in [-0.25, -0.2) is 0 Å². The van der Waals surface area contributed by atoms with Crippen molar-refractivity contribution < 1.29 is 61.9 Å². The Balaban J connectivity index is 0.00000114. The van der Waals surface area contributed by atoms with Crippen LogP contribution in [0, 0.1) is 33.5 Å². The molecule has 5 rings (SSSR count). The quantitative estimate of drug-likeness (QED) is 0.195. The molecule has 0 spiro atoms. The number of carbonyl (C=O) groups excluding carboxylic acids is 2. The molecular formula is C38H74N2O8Ti. The third-order valence-electron chi connectivity index (χ3n) is 11.5. The van der Waals surface area contributed by atoms with Gasteiger partial charge in [-0.05, 0) is 129 Å². The van der Waals surface area contributed by atoms with E-state index in [0.29, 0.717) is 24.7 Å². The van der Waals surface area contributed by atoms with Gasteiger partial charge in [0.05, 0.1) is 23.0 Å². The number of rotatable bonds is 4. The molecule has 11 heteroatoms. The summed E-state index contributed by atoms with van der Waals surface area (Å²) in [6.07, 6.45) is 6.80. The van der Waals surface area contributed by atoms with Crippen LogP contribution in [0.4, 0.5) is 0 Å². The molecule has 0 aromatic carbocycles. The fourth-order valence-corrected chi connectivity index (χ4v) is 9.04. The van der Waals surface area contributed by atoms with Crippen LogP contribution in [0.3, 0.4) is 0 Å². The van der Waals surface area contributed by atoms with Crippen molar-refractivity contribution in [2.75, 3.05) is 0 Å². The number of hydrogen-bond acceptors (Lipinski definition) is 8. The number of amides is 2. The Hall–Kier alpha value is -0.586. The molecule has 0 heterocycles. The third-order valence-corrected chi connectivity index (χ3v) is 11.5. The second kappa shape index (κ2) is 20.0. The first-order chi connectivity index (χ1) is 21.9. The van der Waals surface area contributed by atoms with Crippen molar-refractivity contribution in [2.24, 2.45) is 33.5 Å². The van der Waals surface area contributed by atoms with Gasteiger partial charge in [-0.15, -0.1) is 0 Å². The van der Waals surface area contributed by atoms with Gasteiger partial charge in [-0.1, -0.05) is 40.5 Å². The molecule has 4 bridgehead atoms. The Morgan fingerprint density at radius 2 is 0.796 bits per heavy atom. The number of carbonyl (C=O) groups is 2. The second-order valence-corrected chi connectivity index (χ2v) is 17.2. The molecule has 5 aliphatic carbocycles. The van der Waals surface area contributed by atoms with E-state index < -0.39 is 23.0 Å². The predicted octanol–water partition coefficient (Wildman–Crippen LogP) is 4.45. The molecule has 5 fully saturated rings. The van der Waals surface area contributed by atoms with Crippen LogP contribution >= 0.6 is 0 Å². The zero-order valence-electron chi connectivity index (χ0n) is 32.8. The van der Waals surface area contributed by atoms with E-state index >= 15 is 0 Å². The van der Waals surface area contributed by atoms with Gasteiger partial charge in [-0.3, -0.25) is 9.59 Å². The van der Waals surface area contributed by atoms with E-state index in [1.54, 1.807) is 55.4 Å². The maximum atomic E-state index is 13.7. The topological polar surface area (TPSA) is 180 Å². The van der Waals surface area contributed by atoms with Crippen LogP contribution in [0.1, 0.15) is 147 Å². The van der Waals surface area contributed by atoms with Gasteiger partial charge < -0.3 is 41.3 Å². The van der Waals surface area contributed by atoms with Gasteiger partial charge in [0.25, 0.3) is 0 Å². The molecule has 0 aliphatic heterocycles. The first-order valence-corrected chi connectivity index (χ1v) is 18.6. The summed E-state index contributed by atoms with van der Waals surface area (Å²) in [6.45, 7) is 22.3. The van der Waals surface area contributed by atoms with E-state index in [1.807, 2.05) is 0 Å². The average Bonchev–Trinajstić information content (AvgIpc) is 3.48. The average molecular weight is 735 g/mol. The molecule has 4 unspecified atom stereocenters. The fraction of sp³-hybridized carbons (Fsp3) is 0.947. The molecule has 49 heavy (non-hydrogen) atoms. The SMILES string of the molecule is CC(C)O.CC(C)O.CC(C)O.CC(C)O.CC1(C)C2CCC1(C(=O)N[C@H]1CCCC[C@@H]1NC(=O)C13CCC(C[C@H]1O)C3(C)C)[C@H](O)C2.[Ti]. The summed E-state index contributed by atoms with van der Waals surface area (Å²) in [5.74, 6) is 0.735. The summed E-state index contributed by atoms with van der Waals surface area (Å²) in [5, 5.41) is 60.6. The van der Waals surface area contributed by atoms with Crippen LogP contribution in [0.15, 0.2) is 0 Å². The Labute approximate surface area is 312 Å². The summed E-state index contributed by atoms with van der Waals surface area (Å²) < 4.78 is 0. The number of aliphatic hydroxyl groups is 6. The van der Waals surface area contributed by atoms with Crippen molar-refractivity contribution in [3.63, 3.8) is 0 Å². The van der Waals surface area contributed by atoms with Gasteiger partial charge in [-0.2, -0.15) is 0 Å². The Bertz CT molecular complexity index is 905. The molecular weight excluding hydrogens is 660 g/mol. The summed E-state index contributed by atoms with van der Waals surface area (Å²) in [5.41, 5.74) is -1.85. The molecule has 0 aromatic rings. The molecule has 0 radical (unpaired) electrons. The first-order valence-electron chi connectivity index (χ1n) is 18.6. The molecule has 288 valence electrons. The molecule has 8 N–H and O–H groups in total. The van der Waals surface area contributed by atoms with E-state index in [2.05, 4.69) is 38.3 Å². The van der Waals surface area contributed by atoms with Crippen LogP contribution < -0.4 is 10.6 Å². The van der Waals surface area contributed by atoms with Crippen LogP contribution in [0.5, 0.6) is 0 Å². The zero-order chi connectivity index (χ0) is 37.4. The summed E-state index contributed by atoms with van der Waals surface area (Å²) in [7, 11) is 0. The van der Waals surface area contributed by atoms with E-state index in [1.165, 1.54) is 0 Å². The Morgan fingerprint density at radius 1 is 0.551 bits per heavy atom. The molecule has 10 nitrogen and oxygen atoms in total. The van der Waals surface area contributed by atoms with Gasteiger partial charge in [0.1, 0.15) is 0 Å². The zero-order valence-corrected chi connectivity index (χ0v) is 34.4. The van der Waals surface area contributed by atoms with Gasteiger partial charge in [0.2, 0.25) is 11.8 Å². The molecule has 8 atom stereocenters. The van der Waals surface area contributed by atoms with Gasteiger partial charge in [0.15, 0.2) is 0 Å². The molecule has 2 amide bonds. The van der Waals surface area contributed by atoms with Crippen LogP contribution in [-0.4, -0.2) is 91.2 Å². The predicted molar refractivity (Wildman–Crippen MR) is 191 cm³/mol. The van der Waals surface area contributed by atoms with Crippen molar-refractivity contribution in [3.8, 4) is 0 Å². The smallest absolute Gasteiger partial charge is 0.229 e. The minimum atomic E-state index is -0.718. The Morgan fingerprint density at radius 3 is 0.980 bits per heavy atom.